The normalized spacial score (nSPS) is 24.5. The summed E-state index contributed by atoms with van der Waals surface area (Å²) >= 11 is 0. The molecule has 3 unspecified atom stereocenters. The number of carbonyl (C=O) groups is 2. The Kier molecular flexibility index (Phi) is 4.98. The minimum absolute atomic E-state index is 0.0347. The fraction of sp³-hybridized carbons (Fsp3) is 0.417. The van der Waals surface area contributed by atoms with Crippen LogP contribution in [0.3, 0.4) is 0 Å². The highest BCUT2D eigenvalue weighted by Crippen LogP contribution is 2.37. The Labute approximate surface area is 190 Å². The van der Waals surface area contributed by atoms with Crippen LogP contribution in [-0.4, -0.2) is 62.3 Å². The van der Waals surface area contributed by atoms with Crippen molar-refractivity contribution in [2.45, 2.75) is 25.0 Å². The Morgan fingerprint density at radius 1 is 0.818 bits per heavy atom. The highest BCUT2D eigenvalue weighted by molar-refractivity contribution is 5.91. The third-order valence-corrected chi connectivity index (χ3v) is 6.68. The first kappa shape index (κ1) is 20.2. The molecule has 0 radical (unpaired) electrons. The standard InChI is InChI=1S/C24H23NO8/c26-23(14-1-3-17-20(9-14)31-12-29-17)28-11-16-5-7-25-8-6-19(22(16)25)33-24(27)15-2-4-18-21(10-15)32-13-30-18/h1-4,9-10,16,19,22H,5-8,11-13H2. The summed E-state index contributed by atoms with van der Waals surface area (Å²) in [5, 5.41) is 0. The molecular formula is C24H23NO8. The maximum absolute atomic E-state index is 12.8. The summed E-state index contributed by atoms with van der Waals surface area (Å²) < 4.78 is 32.8. The molecular weight excluding hydrogens is 430 g/mol. The molecule has 0 N–H and O–H groups in total. The molecule has 4 aliphatic heterocycles. The van der Waals surface area contributed by atoms with Gasteiger partial charge >= 0.3 is 11.9 Å². The number of nitrogens with zero attached hydrogens (tertiary/aromatic N) is 1. The maximum Gasteiger partial charge on any atom is 0.338 e. The van der Waals surface area contributed by atoms with Gasteiger partial charge in [0.25, 0.3) is 0 Å². The van der Waals surface area contributed by atoms with Crippen LogP contribution in [0.1, 0.15) is 33.6 Å². The van der Waals surface area contributed by atoms with Gasteiger partial charge in [-0.05, 0) is 55.8 Å². The zero-order valence-electron chi connectivity index (χ0n) is 17.9. The van der Waals surface area contributed by atoms with Crippen LogP contribution in [0.5, 0.6) is 23.0 Å². The molecule has 2 aromatic rings. The van der Waals surface area contributed by atoms with Gasteiger partial charge in [-0.1, -0.05) is 0 Å². The molecule has 2 aromatic carbocycles. The summed E-state index contributed by atoms with van der Waals surface area (Å²) in [4.78, 5) is 27.7. The van der Waals surface area contributed by atoms with Crippen molar-refractivity contribution in [1.29, 1.82) is 0 Å². The second-order valence-electron chi connectivity index (χ2n) is 8.54. The van der Waals surface area contributed by atoms with Crippen LogP contribution < -0.4 is 18.9 Å². The second-order valence-corrected chi connectivity index (χ2v) is 8.54. The van der Waals surface area contributed by atoms with E-state index in [1.54, 1.807) is 36.4 Å². The van der Waals surface area contributed by atoms with Gasteiger partial charge in [0.2, 0.25) is 13.6 Å². The molecule has 172 valence electrons. The lowest BCUT2D eigenvalue weighted by Gasteiger charge is -2.26. The molecule has 9 nitrogen and oxygen atoms in total. The molecule has 2 saturated heterocycles. The number of carbonyl (C=O) groups excluding carboxylic acids is 2. The summed E-state index contributed by atoms with van der Waals surface area (Å²) in [7, 11) is 0. The Balaban J connectivity index is 1.09. The van der Waals surface area contributed by atoms with E-state index in [4.69, 9.17) is 28.4 Å². The lowest BCUT2D eigenvalue weighted by molar-refractivity contribution is 0.00944. The largest absolute Gasteiger partial charge is 0.462 e. The van der Waals surface area contributed by atoms with Gasteiger partial charge in [-0.3, -0.25) is 4.90 Å². The molecule has 9 heteroatoms. The third kappa shape index (κ3) is 3.72. The zero-order valence-corrected chi connectivity index (χ0v) is 17.9. The van der Waals surface area contributed by atoms with Gasteiger partial charge in [0.1, 0.15) is 6.10 Å². The number of benzene rings is 2. The van der Waals surface area contributed by atoms with Gasteiger partial charge in [0.15, 0.2) is 23.0 Å². The Bertz CT molecular complexity index is 1100. The molecule has 33 heavy (non-hydrogen) atoms. The predicted octanol–water partition coefficient (Wildman–Crippen LogP) is 2.62. The molecule has 0 spiro atoms. The highest BCUT2D eigenvalue weighted by atomic mass is 16.7. The average molecular weight is 453 g/mol. The molecule has 4 aliphatic rings. The number of hydrogen-bond donors (Lipinski definition) is 0. The Hall–Kier alpha value is -3.46. The average Bonchev–Trinajstić information content (AvgIpc) is 3.62. The smallest absolute Gasteiger partial charge is 0.338 e. The predicted molar refractivity (Wildman–Crippen MR) is 113 cm³/mol. The van der Waals surface area contributed by atoms with Crippen molar-refractivity contribution < 1.29 is 38.0 Å². The van der Waals surface area contributed by atoms with E-state index in [1.807, 2.05) is 0 Å². The Morgan fingerprint density at radius 2 is 1.42 bits per heavy atom. The second kappa shape index (κ2) is 8.15. The summed E-state index contributed by atoms with van der Waals surface area (Å²) in [6.45, 7) is 2.33. The van der Waals surface area contributed by atoms with E-state index >= 15 is 0 Å². The zero-order chi connectivity index (χ0) is 22.4. The van der Waals surface area contributed by atoms with E-state index in [0.717, 1.165) is 25.9 Å². The summed E-state index contributed by atoms with van der Waals surface area (Å²) in [6, 6.07) is 10.1. The lowest BCUT2D eigenvalue weighted by Crippen LogP contribution is -2.38. The molecule has 0 aromatic heterocycles. The maximum atomic E-state index is 12.8. The van der Waals surface area contributed by atoms with E-state index < -0.39 is 5.97 Å². The topological polar surface area (TPSA) is 92.8 Å². The summed E-state index contributed by atoms with van der Waals surface area (Å²) in [5.74, 6) is 1.64. The first-order valence-corrected chi connectivity index (χ1v) is 11.1. The van der Waals surface area contributed by atoms with Gasteiger partial charge < -0.3 is 28.4 Å². The Morgan fingerprint density at radius 3 is 2.12 bits per heavy atom. The van der Waals surface area contributed by atoms with E-state index in [-0.39, 0.29) is 44.2 Å². The van der Waals surface area contributed by atoms with Crippen LogP contribution in [0.25, 0.3) is 0 Å². The molecule has 4 heterocycles. The fourth-order valence-electron chi connectivity index (χ4n) is 5.04. The fourth-order valence-corrected chi connectivity index (χ4v) is 5.04. The number of rotatable bonds is 5. The molecule has 3 atom stereocenters. The van der Waals surface area contributed by atoms with Crippen molar-refractivity contribution in [3.8, 4) is 23.0 Å². The van der Waals surface area contributed by atoms with Crippen LogP contribution in [0.4, 0.5) is 0 Å². The van der Waals surface area contributed by atoms with E-state index in [1.165, 1.54) is 0 Å². The molecule has 0 bridgehead atoms. The van der Waals surface area contributed by atoms with Gasteiger partial charge in [0, 0.05) is 12.5 Å². The van der Waals surface area contributed by atoms with E-state index in [0.29, 0.717) is 34.1 Å². The van der Waals surface area contributed by atoms with Crippen molar-refractivity contribution in [1.82, 2.24) is 4.90 Å². The summed E-state index contributed by atoms with van der Waals surface area (Å²) in [5.41, 5.74) is 0.854. The molecule has 0 amide bonds. The monoisotopic (exact) mass is 453 g/mol. The molecule has 2 fully saturated rings. The first-order chi connectivity index (χ1) is 16.2. The van der Waals surface area contributed by atoms with Crippen LogP contribution in [-0.2, 0) is 9.47 Å². The van der Waals surface area contributed by atoms with E-state index in [9.17, 15) is 9.59 Å². The number of ether oxygens (including phenoxy) is 6. The van der Waals surface area contributed by atoms with Gasteiger partial charge in [-0.15, -0.1) is 0 Å². The quantitative estimate of drug-likeness (QED) is 0.634. The third-order valence-electron chi connectivity index (χ3n) is 6.68. The molecule has 0 aliphatic carbocycles. The minimum atomic E-state index is -0.404. The van der Waals surface area contributed by atoms with Crippen LogP contribution in [0, 0.1) is 5.92 Å². The van der Waals surface area contributed by atoms with Crippen molar-refractivity contribution in [2.24, 2.45) is 5.92 Å². The van der Waals surface area contributed by atoms with Crippen molar-refractivity contribution >= 4 is 11.9 Å². The van der Waals surface area contributed by atoms with Crippen LogP contribution >= 0.6 is 0 Å². The van der Waals surface area contributed by atoms with Gasteiger partial charge in [-0.2, -0.15) is 0 Å². The van der Waals surface area contributed by atoms with Crippen LogP contribution in [0.15, 0.2) is 36.4 Å². The number of esters is 2. The molecule has 0 saturated carbocycles. The minimum Gasteiger partial charge on any atom is -0.462 e. The van der Waals surface area contributed by atoms with Crippen molar-refractivity contribution in [2.75, 3.05) is 33.3 Å². The van der Waals surface area contributed by atoms with Gasteiger partial charge in [-0.25, -0.2) is 9.59 Å². The first-order valence-electron chi connectivity index (χ1n) is 11.1. The van der Waals surface area contributed by atoms with Crippen LogP contribution in [0.2, 0.25) is 0 Å². The highest BCUT2D eigenvalue weighted by Gasteiger charge is 2.46. The summed E-state index contributed by atoms with van der Waals surface area (Å²) in [6.07, 6.45) is 1.39. The molecule has 6 rings (SSSR count). The van der Waals surface area contributed by atoms with E-state index in [2.05, 4.69) is 4.90 Å². The van der Waals surface area contributed by atoms with Crippen molar-refractivity contribution in [3.05, 3.63) is 47.5 Å². The number of hydrogen-bond acceptors (Lipinski definition) is 9. The van der Waals surface area contributed by atoms with Gasteiger partial charge in [0.05, 0.1) is 23.8 Å². The van der Waals surface area contributed by atoms with Crippen molar-refractivity contribution in [3.63, 3.8) is 0 Å². The SMILES string of the molecule is O=C(OCC1CCN2CCC(OC(=O)c3ccc4c(c3)OCO4)C12)c1ccc2c(c1)OCO2. The lowest BCUT2D eigenvalue weighted by atomic mass is 9.97. The number of fused-ring (bicyclic) bond motifs is 3.